The SMILES string of the molecule is C=CCONC(CCC)=C1C(=O)OC2(C=CCCC2)OC1=O. The van der Waals surface area contributed by atoms with Crippen LogP contribution < -0.4 is 5.48 Å². The van der Waals surface area contributed by atoms with Crippen molar-refractivity contribution in [3.63, 3.8) is 0 Å². The molecule has 1 aliphatic carbocycles. The largest absolute Gasteiger partial charge is 0.415 e. The minimum absolute atomic E-state index is 0.129. The first-order valence-corrected chi connectivity index (χ1v) is 7.48. The van der Waals surface area contributed by atoms with Crippen molar-refractivity contribution in [3.05, 3.63) is 36.1 Å². The van der Waals surface area contributed by atoms with E-state index >= 15 is 0 Å². The van der Waals surface area contributed by atoms with Crippen LogP contribution in [0.1, 0.15) is 39.0 Å². The number of esters is 2. The van der Waals surface area contributed by atoms with Crippen LogP contribution in [-0.2, 0) is 23.9 Å². The second-order valence-corrected chi connectivity index (χ2v) is 5.19. The topological polar surface area (TPSA) is 73.9 Å². The standard InChI is InChI=1S/C16H21NO5/c1-3-8-12(17-20-11-4-2)13-14(18)21-16(22-15(13)19)9-6-5-7-10-16/h4,6,9,17H,2-3,5,7-8,10-11H2,1H3. The quantitative estimate of drug-likeness (QED) is 0.203. The maximum atomic E-state index is 12.3. The zero-order valence-electron chi connectivity index (χ0n) is 12.7. The van der Waals surface area contributed by atoms with E-state index in [4.69, 9.17) is 14.3 Å². The Morgan fingerprint density at radius 1 is 1.45 bits per heavy atom. The summed E-state index contributed by atoms with van der Waals surface area (Å²) in [6, 6.07) is 0. The highest BCUT2D eigenvalue weighted by Crippen LogP contribution is 2.33. The number of carbonyl (C=O) groups excluding carboxylic acids is 2. The third kappa shape index (κ3) is 3.57. The van der Waals surface area contributed by atoms with Gasteiger partial charge in [-0.3, -0.25) is 10.3 Å². The third-order valence-electron chi connectivity index (χ3n) is 3.41. The van der Waals surface area contributed by atoms with Crippen molar-refractivity contribution in [2.75, 3.05) is 6.61 Å². The summed E-state index contributed by atoms with van der Waals surface area (Å²) < 4.78 is 10.8. The number of allylic oxidation sites excluding steroid dienone is 2. The Hall–Kier alpha value is -2.08. The van der Waals surface area contributed by atoms with Gasteiger partial charge in [0, 0.05) is 6.42 Å². The van der Waals surface area contributed by atoms with Crippen molar-refractivity contribution in [1.82, 2.24) is 5.48 Å². The first-order chi connectivity index (χ1) is 10.6. The van der Waals surface area contributed by atoms with Crippen LogP contribution in [0.4, 0.5) is 0 Å². The summed E-state index contributed by atoms with van der Waals surface area (Å²) in [5.41, 5.74) is 2.87. The van der Waals surface area contributed by atoms with Crippen molar-refractivity contribution >= 4 is 11.9 Å². The molecule has 0 unspecified atom stereocenters. The molecule has 22 heavy (non-hydrogen) atoms. The predicted molar refractivity (Wildman–Crippen MR) is 79.1 cm³/mol. The highest BCUT2D eigenvalue weighted by atomic mass is 16.7. The van der Waals surface area contributed by atoms with Gasteiger partial charge < -0.3 is 9.47 Å². The zero-order chi connectivity index (χ0) is 16.0. The molecule has 0 saturated carbocycles. The van der Waals surface area contributed by atoms with Crippen LogP contribution >= 0.6 is 0 Å². The highest BCUT2D eigenvalue weighted by Gasteiger charge is 2.46. The van der Waals surface area contributed by atoms with Gasteiger partial charge in [0.2, 0.25) is 0 Å². The van der Waals surface area contributed by atoms with Crippen LogP contribution in [0, 0.1) is 0 Å². The molecule has 1 N–H and O–H groups in total. The second-order valence-electron chi connectivity index (χ2n) is 5.19. The molecular formula is C16H21NO5. The van der Waals surface area contributed by atoms with Gasteiger partial charge >= 0.3 is 11.9 Å². The van der Waals surface area contributed by atoms with Crippen LogP contribution in [0.15, 0.2) is 36.1 Å². The summed E-state index contributed by atoms with van der Waals surface area (Å²) in [7, 11) is 0. The van der Waals surface area contributed by atoms with Gasteiger partial charge in [-0.2, -0.15) is 0 Å². The highest BCUT2D eigenvalue weighted by molar-refractivity contribution is 6.16. The van der Waals surface area contributed by atoms with E-state index in [0.717, 1.165) is 19.3 Å². The van der Waals surface area contributed by atoms with Gasteiger partial charge in [0.05, 0.1) is 12.3 Å². The molecule has 6 nitrogen and oxygen atoms in total. The summed E-state index contributed by atoms with van der Waals surface area (Å²) >= 11 is 0. The second kappa shape index (κ2) is 7.26. The van der Waals surface area contributed by atoms with Crippen LogP contribution in [0.5, 0.6) is 0 Å². The van der Waals surface area contributed by atoms with Gasteiger partial charge in [0.1, 0.15) is 0 Å². The summed E-state index contributed by atoms with van der Waals surface area (Å²) in [4.78, 5) is 29.7. The number of nitrogens with one attached hydrogen (secondary N) is 1. The molecule has 2 rings (SSSR count). The first kappa shape index (κ1) is 16.3. The predicted octanol–water partition coefficient (Wildman–Crippen LogP) is 2.28. The Morgan fingerprint density at radius 2 is 2.18 bits per heavy atom. The maximum absolute atomic E-state index is 12.3. The van der Waals surface area contributed by atoms with Crippen LogP contribution in [0.3, 0.4) is 0 Å². The number of carbonyl (C=O) groups is 2. The van der Waals surface area contributed by atoms with Crippen LogP contribution in [0.25, 0.3) is 0 Å². The molecule has 1 spiro atoms. The van der Waals surface area contributed by atoms with E-state index in [-0.39, 0.29) is 12.2 Å². The van der Waals surface area contributed by atoms with E-state index in [0.29, 0.717) is 18.5 Å². The lowest BCUT2D eigenvalue weighted by atomic mass is 9.99. The minimum atomic E-state index is -1.24. The lowest BCUT2D eigenvalue weighted by Crippen LogP contribution is -2.47. The van der Waals surface area contributed by atoms with Gasteiger partial charge in [-0.15, -0.1) is 6.58 Å². The smallest absolute Gasteiger partial charge is 0.351 e. The Balaban J connectivity index is 2.22. The Bertz CT molecular complexity index is 501. The van der Waals surface area contributed by atoms with Crippen LogP contribution in [-0.4, -0.2) is 24.3 Å². The van der Waals surface area contributed by atoms with E-state index in [2.05, 4.69) is 12.1 Å². The number of hydrogen-bond acceptors (Lipinski definition) is 6. The van der Waals surface area contributed by atoms with Crippen LogP contribution in [0.2, 0.25) is 0 Å². The van der Waals surface area contributed by atoms with Crippen molar-refractivity contribution in [1.29, 1.82) is 0 Å². The lowest BCUT2D eigenvalue weighted by molar-refractivity contribution is -0.221. The molecular weight excluding hydrogens is 286 g/mol. The molecule has 0 aromatic rings. The molecule has 1 heterocycles. The molecule has 1 saturated heterocycles. The molecule has 0 atom stereocenters. The first-order valence-electron chi connectivity index (χ1n) is 7.48. The number of hydrogen-bond donors (Lipinski definition) is 1. The van der Waals surface area contributed by atoms with Gasteiger partial charge in [-0.05, 0) is 25.3 Å². The van der Waals surface area contributed by atoms with Gasteiger partial charge in [-0.1, -0.05) is 25.5 Å². The Kier molecular flexibility index (Phi) is 5.38. The molecule has 1 fully saturated rings. The molecule has 0 aromatic heterocycles. The van der Waals surface area contributed by atoms with E-state index in [1.54, 1.807) is 12.2 Å². The molecule has 0 bridgehead atoms. The van der Waals surface area contributed by atoms with E-state index in [1.165, 1.54) is 0 Å². The number of ether oxygens (including phenoxy) is 2. The fraction of sp³-hybridized carbons (Fsp3) is 0.500. The van der Waals surface area contributed by atoms with E-state index in [1.807, 2.05) is 13.0 Å². The van der Waals surface area contributed by atoms with Crippen molar-refractivity contribution in [3.8, 4) is 0 Å². The van der Waals surface area contributed by atoms with Gasteiger partial charge in [0.25, 0.3) is 5.79 Å². The third-order valence-corrected chi connectivity index (χ3v) is 3.41. The molecule has 120 valence electrons. The molecule has 2 aliphatic rings. The number of rotatable bonds is 6. The zero-order valence-corrected chi connectivity index (χ0v) is 12.7. The monoisotopic (exact) mass is 307 g/mol. The lowest BCUT2D eigenvalue weighted by Gasteiger charge is -2.36. The summed E-state index contributed by atoms with van der Waals surface area (Å²) in [6.45, 7) is 5.71. The van der Waals surface area contributed by atoms with Crippen molar-refractivity contribution in [2.24, 2.45) is 0 Å². The fourth-order valence-electron chi connectivity index (χ4n) is 2.41. The Labute approximate surface area is 129 Å². The average molecular weight is 307 g/mol. The van der Waals surface area contributed by atoms with Gasteiger partial charge in [-0.25, -0.2) is 9.59 Å². The minimum Gasteiger partial charge on any atom is -0.415 e. The fourth-order valence-corrected chi connectivity index (χ4v) is 2.41. The molecule has 0 amide bonds. The van der Waals surface area contributed by atoms with E-state index < -0.39 is 17.7 Å². The van der Waals surface area contributed by atoms with Crippen molar-refractivity contribution in [2.45, 2.75) is 44.8 Å². The van der Waals surface area contributed by atoms with Gasteiger partial charge in [0.15, 0.2) is 5.57 Å². The average Bonchev–Trinajstić information content (AvgIpc) is 2.47. The molecule has 6 heteroatoms. The molecule has 0 radical (unpaired) electrons. The molecule has 0 aromatic carbocycles. The molecule has 1 aliphatic heterocycles. The Morgan fingerprint density at radius 3 is 2.73 bits per heavy atom. The summed E-state index contributed by atoms with van der Waals surface area (Å²) in [5, 5.41) is 0. The van der Waals surface area contributed by atoms with Crippen molar-refractivity contribution < 1.29 is 23.9 Å². The normalized spacial score (nSPS) is 24.0. The maximum Gasteiger partial charge on any atom is 0.351 e. The summed E-state index contributed by atoms with van der Waals surface area (Å²) in [6.07, 6.45) is 8.43. The number of hydroxylamine groups is 1. The summed E-state index contributed by atoms with van der Waals surface area (Å²) in [5.74, 6) is -2.60. The van der Waals surface area contributed by atoms with E-state index in [9.17, 15) is 9.59 Å².